The standard InChI is InChI=1S/C13H16BrN3O2/c1-15-12(18)9-4-3-7-17(8-9)13(19)10-5-2-6-16-11(10)14/h2,5-6,9H,3-4,7-8H2,1H3,(H,15,18). The lowest BCUT2D eigenvalue weighted by molar-refractivity contribution is -0.125. The van der Waals surface area contributed by atoms with Crippen molar-refractivity contribution in [2.24, 2.45) is 5.92 Å². The van der Waals surface area contributed by atoms with Crippen LogP contribution in [-0.4, -0.2) is 41.8 Å². The summed E-state index contributed by atoms with van der Waals surface area (Å²) in [6, 6.07) is 3.47. The molecule has 0 aliphatic carbocycles. The molecular weight excluding hydrogens is 310 g/mol. The zero-order chi connectivity index (χ0) is 13.8. The van der Waals surface area contributed by atoms with Crippen LogP contribution in [0.25, 0.3) is 0 Å². The summed E-state index contributed by atoms with van der Waals surface area (Å²) in [5, 5.41) is 2.65. The molecule has 2 heterocycles. The molecule has 1 atom stereocenters. The second-order valence-electron chi connectivity index (χ2n) is 4.55. The number of nitrogens with zero attached hydrogens (tertiary/aromatic N) is 2. The molecule has 1 aromatic rings. The quantitative estimate of drug-likeness (QED) is 0.837. The van der Waals surface area contributed by atoms with E-state index in [1.807, 2.05) is 0 Å². The van der Waals surface area contributed by atoms with Gasteiger partial charge in [-0.3, -0.25) is 9.59 Å². The second-order valence-corrected chi connectivity index (χ2v) is 5.30. The summed E-state index contributed by atoms with van der Waals surface area (Å²) < 4.78 is 0.544. The molecule has 0 aromatic carbocycles. The zero-order valence-corrected chi connectivity index (χ0v) is 12.3. The van der Waals surface area contributed by atoms with Gasteiger partial charge < -0.3 is 10.2 Å². The molecule has 0 radical (unpaired) electrons. The number of rotatable bonds is 2. The van der Waals surface area contributed by atoms with Crippen LogP contribution in [0.5, 0.6) is 0 Å². The van der Waals surface area contributed by atoms with Crippen LogP contribution in [0.2, 0.25) is 0 Å². The van der Waals surface area contributed by atoms with E-state index in [0.717, 1.165) is 12.8 Å². The smallest absolute Gasteiger partial charge is 0.256 e. The van der Waals surface area contributed by atoms with Crippen LogP contribution < -0.4 is 5.32 Å². The Morgan fingerprint density at radius 2 is 2.32 bits per heavy atom. The van der Waals surface area contributed by atoms with Crippen molar-refractivity contribution in [2.75, 3.05) is 20.1 Å². The summed E-state index contributed by atoms with van der Waals surface area (Å²) in [5.41, 5.74) is 0.542. The van der Waals surface area contributed by atoms with E-state index in [1.54, 1.807) is 30.3 Å². The number of carbonyl (C=O) groups is 2. The summed E-state index contributed by atoms with van der Waals surface area (Å²) in [4.78, 5) is 29.9. The van der Waals surface area contributed by atoms with Crippen LogP contribution >= 0.6 is 15.9 Å². The van der Waals surface area contributed by atoms with Crippen LogP contribution in [0.4, 0.5) is 0 Å². The van der Waals surface area contributed by atoms with Gasteiger partial charge in [-0.05, 0) is 40.9 Å². The van der Waals surface area contributed by atoms with Gasteiger partial charge >= 0.3 is 0 Å². The topological polar surface area (TPSA) is 62.3 Å². The van der Waals surface area contributed by atoms with Gasteiger partial charge in [-0.25, -0.2) is 4.98 Å². The summed E-state index contributed by atoms with van der Waals surface area (Å²) in [6.07, 6.45) is 3.31. The van der Waals surface area contributed by atoms with Crippen LogP contribution in [0, 0.1) is 5.92 Å². The fourth-order valence-electron chi connectivity index (χ4n) is 2.30. The zero-order valence-electron chi connectivity index (χ0n) is 10.7. The van der Waals surface area contributed by atoms with E-state index < -0.39 is 0 Å². The van der Waals surface area contributed by atoms with Crippen LogP contribution in [0.1, 0.15) is 23.2 Å². The average molecular weight is 326 g/mol. The van der Waals surface area contributed by atoms with E-state index in [1.165, 1.54) is 0 Å². The highest BCUT2D eigenvalue weighted by atomic mass is 79.9. The maximum absolute atomic E-state index is 12.4. The first kappa shape index (κ1) is 14.0. The third-order valence-electron chi connectivity index (χ3n) is 3.32. The van der Waals surface area contributed by atoms with E-state index in [0.29, 0.717) is 23.3 Å². The van der Waals surface area contributed by atoms with E-state index in [4.69, 9.17) is 0 Å². The lowest BCUT2D eigenvalue weighted by Crippen LogP contribution is -2.44. The first-order valence-electron chi connectivity index (χ1n) is 6.25. The summed E-state index contributed by atoms with van der Waals surface area (Å²) in [7, 11) is 1.63. The Kier molecular flexibility index (Phi) is 4.52. The molecule has 1 saturated heterocycles. The highest BCUT2D eigenvalue weighted by Gasteiger charge is 2.29. The number of piperidine rings is 1. The van der Waals surface area contributed by atoms with Gasteiger partial charge in [0.25, 0.3) is 5.91 Å². The van der Waals surface area contributed by atoms with Gasteiger partial charge in [0, 0.05) is 26.3 Å². The van der Waals surface area contributed by atoms with Crippen molar-refractivity contribution >= 4 is 27.7 Å². The minimum Gasteiger partial charge on any atom is -0.359 e. The number of amides is 2. The molecule has 6 heteroatoms. The van der Waals surface area contributed by atoms with Gasteiger partial charge in [0.15, 0.2) is 0 Å². The number of halogens is 1. The van der Waals surface area contributed by atoms with Crippen molar-refractivity contribution in [3.63, 3.8) is 0 Å². The predicted molar refractivity (Wildman–Crippen MR) is 74.6 cm³/mol. The number of aromatic nitrogens is 1. The molecule has 0 saturated carbocycles. The molecular formula is C13H16BrN3O2. The Morgan fingerprint density at radius 3 is 3.00 bits per heavy atom. The molecule has 1 N–H and O–H groups in total. The largest absolute Gasteiger partial charge is 0.359 e. The Balaban J connectivity index is 2.11. The number of likely N-dealkylation sites (tertiary alicyclic amines) is 1. The highest BCUT2D eigenvalue weighted by molar-refractivity contribution is 9.10. The van der Waals surface area contributed by atoms with Crippen molar-refractivity contribution in [1.29, 1.82) is 0 Å². The Labute approximate surface area is 120 Å². The average Bonchev–Trinajstić information content (AvgIpc) is 2.46. The Hall–Kier alpha value is -1.43. The molecule has 2 amide bonds. The van der Waals surface area contributed by atoms with Gasteiger partial charge in [0.2, 0.25) is 5.91 Å². The first-order chi connectivity index (χ1) is 9.13. The summed E-state index contributed by atoms with van der Waals surface area (Å²) >= 11 is 3.28. The monoisotopic (exact) mass is 325 g/mol. The first-order valence-corrected chi connectivity index (χ1v) is 7.04. The second kappa shape index (κ2) is 6.14. The van der Waals surface area contributed by atoms with Gasteiger partial charge in [-0.1, -0.05) is 0 Å². The van der Waals surface area contributed by atoms with E-state index in [-0.39, 0.29) is 17.7 Å². The maximum Gasteiger partial charge on any atom is 0.256 e. The van der Waals surface area contributed by atoms with E-state index in [2.05, 4.69) is 26.2 Å². The third kappa shape index (κ3) is 3.12. The van der Waals surface area contributed by atoms with E-state index >= 15 is 0 Å². The van der Waals surface area contributed by atoms with Crippen molar-refractivity contribution in [3.05, 3.63) is 28.5 Å². The minimum atomic E-state index is -0.113. The molecule has 1 aliphatic rings. The minimum absolute atomic E-state index is 0.00255. The molecule has 0 spiro atoms. The van der Waals surface area contributed by atoms with Gasteiger partial charge in [-0.15, -0.1) is 0 Å². The maximum atomic E-state index is 12.4. The van der Waals surface area contributed by atoms with Crippen molar-refractivity contribution < 1.29 is 9.59 Å². The summed E-state index contributed by atoms with van der Waals surface area (Å²) in [5.74, 6) is -0.186. The van der Waals surface area contributed by atoms with Crippen LogP contribution in [-0.2, 0) is 4.79 Å². The molecule has 1 fully saturated rings. The molecule has 1 aromatic heterocycles. The van der Waals surface area contributed by atoms with Crippen molar-refractivity contribution in [2.45, 2.75) is 12.8 Å². The van der Waals surface area contributed by atoms with E-state index in [9.17, 15) is 9.59 Å². The molecule has 2 rings (SSSR count). The number of hydrogen-bond acceptors (Lipinski definition) is 3. The number of hydrogen-bond donors (Lipinski definition) is 1. The molecule has 0 bridgehead atoms. The van der Waals surface area contributed by atoms with Crippen LogP contribution in [0.3, 0.4) is 0 Å². The third-order valence-corrected chi connectivity index (χ3v) is 3.95. The molecule has 19 heavy (non-hydrogen) atoms. The highest BCUT2D eigenvalue weighted by Crippen LogP contribution is 2.21. The van der Waals surface area contributed by atoms with Gasteiger partial charge in [0.1, 0.15) is 4.60 Å². The molecule has 1 unspecified atom stereocenters. The lowest BCUT2D eigenvalue weighted by Gasteiger charge is -2.32. The molecule has 5 nitrogen and oxygen atoms in total. The number of nitrogens with one attached hydrogen (secondary N) is 1. The lowest BCUT2D eigenvalue weighted by atomic mass is 9.96. The van der Waals surface area contributed by atoms with Crippen molar-refractivity contribution in [3.8, 4) is 0 Å². The number of carbonyl (C=O) groups excluding carboxylic acids is 2. The number of pyridine rings is 1. The molecule has 1 aliphatic heterocycles. The SMILES string of the molecule is CNC(=O)C1CCCN(C(=O)c2cccnc2Br)C1. The van der Waals surface area contributed by atoms with Gasteiger partial charge in [0.05, 0.1) is 11.5 Å². The van der Waals surface area contributed by atoms with Gasteiger partial charge in [-0.2, -0.15) is 0 Å². The molecule has 102 valence electrons. The Morgan fingerprint density at radius 1 is 1.53 bits per heavy atom. The predicted octanol–water partition coefficient (Wildman–Crippen LogP) is 1.44. The van der Waals surface area contributed by atoms with Crippen molar-refractivity contribution in [1.82, 2.24) is 15.2 Å². The summed E-state index contributed by atoms with van der Waals surface area (Å²) in [6.45, 7) is 1.16. The fourth-order valence-corrected chi connectivity index (χ4v) is 2.72. The fraction of sp³-hybridized carbons (Fsp3) is 0.462. The van der Waals surface area contributed by atoms with Crippen LogP contribution in [0.15, 0.2) is 22.9 Å². The normalized spacial score (nSPS) is 19.1. The Bertz CT molecular complexity index is 493.